The zero-order valence-electron chi connectivity index (χ0n) is 15.4. The molecule has 3 unspecified atom stereocenters. The number of benzene rings is 1. The number of nitrogens with one attached hydrogen (secondary N) is 2. The number of carbonyl (C=O) groups excluding carboxylic acids is 4. The Kier molecular flexibility index (Phi) is 4.06. The van der Waals surface area contributed by atoms with Gasteiger partial charge in [-0.3, -0.25) is 34.3 Å². The van der Waals surface area contributed by atoms with Crippen LogP contribution in [0.15, 0.2) is 18.2 Å². The molecule has 3 atom stereocenters. The van der Waals surface area contributed by atoms with Gasteiger partial charge in [-0.15, -0.1) is 0 Å². The lowest BCUT2D eigenvalue weighted by Gasteiger charge is -2.51. The summed E-state index contributed by atoms with van der Waals surface area (Å²) in [5, 5.41) is 5.64. The first-order valence-electron chi connectivity index (χ1n) is 9.82. The average Bonchev–Trinajstić information content (AvgIpc) is 2.91. The lowest BCUT2D eigenvalue weighted by atomic mass is 9.83. The highest BCUT2D eigenvalue weighted by atomic mass is 16.2. The maximum atomic E-state index is 12.9. The molecule has 0 saturated carbocycles. The normalized spacial score (nSPS) is 30.0. The third-order valence-corrected chi connectivity index (χ3v) is 6.42. The highest BCUT2D eigenvalue weighted by molar-refractivity contribution is 6.23. The first-order valence-corrected chi connectivity index (χ1v) is 9.82. The maximum absolute atomic E-state index is 12.9. The van der Waals surface area contributed by atoms with Gasteiger partial charge in [-0.05, 0) is 43.0 Å². The Labute approximate surface area is 162 Å². The van der Waals surface area contributed by atoms with Gasteiger partial charge in [0.2, 0.25) is 11.8 Å². The number of fused-ring (bicyclic) bond motifs is 2. The molecule has 4 amide bonds. The first kappa shape index (κ1) is 17.5. The van der Waals surface area contributed by atoms with E-state index in [1.807, 2.05) is 6.07 Å². The van der Waals surface area contributed by atoms with Gasteiger partial charge in [0.1, 0.15) is 6.04 Å². The molecule has 3 saturated heterocycles. The number of likely N-dealkylation sites (tertiary alicyclic amines) is 1. The quantitative estimate of drug-likeness (QED) is 0.708. The van der Waals surface area contributed by atoms with Crippen molar-refractivity contribution in [2.45, 2.75) is 37.9 Å². The van der Waals surface area contributed by atoms with Gasteiger partial charge in [-0.1, -0.05) is 6.07 Å². The number of carbonyl (C=O) groups is 4. The molecule has 28 heavy (non-hydrogen) atoms. The molecule has 146 valence electrons. The number of amides is 4. The molecule has 0 aromatic heterocycles. The Bertz CT molecular complexity index is 898. The molecule has 0 radical (unpaired) electrons. The first-order chi connectivity index (χ1) is 13.5. The third-order valence-electron chi connectivity index (χ3n) is 6.42. The highest BCUT2D eigenvalue weighted by Gasteiger charge is 2.45. The van der Waals surface area contributed by atoms with Crippen molar-refractivity contribution in [3.63, 3.8) is 0 Å². The van der Waals surface area contributed by atoms with Crippen LogP contribution in [0.3, 0.4) is 0 Å². The van der Waals surface area contributed by atoms with Crippen molar-refractivity contribution in [1.29, 1.82) is 0 Å². The van der Waals surface area contributed by atoms with Crippen LogP contribution in [0, 0.1) is 5.92 Å². The van der Waals surface area contributed by atoms with Crippen molar-refractivity contribution in [1.82, 2.24) is 20.4 Å². The maximum Gasteiger partial charge on any atom is 0.262 e. The van der Waals surface area contributed by atoms with Gasteiger partial charge in [0, 0.05) is 32.1 Å². The molecule has 4 aliphatic heterocycles. The molecule has 1 aromatic carbocycles. The zero-order valence-corrected chi connectivity index (χ0v) is 15.4. The lowest BCUT2D eigenvalue weighted by molar-refractivity contribution is -0.136. The minimum Gasteiger partial charge on any atom is -0.315 e. The fourth-order valence-electron chi connectivity index (χ4n) is 4.87. The van der Waals surface area contributed by atoms with Crippen LogP contribution >= 0.6 is 0 Å². The van der Waals surface area contributed by atoms with Gasteiger partial charge < -0.3 is 5.32 Å². The van der Waals surface area contributed by atoms with E-state index in [2.05, 4.69) is 15.5 Å². The van der Waals surface area contributed by atoms with Crippen molar-refractivity contribution < 1.29 is 19.2 Å². The molecule has 2 N–H and O–H groups in total. The van der Waals surface area contributed by atoms with Crippen molar-refractivity contribution in [2.24, 2.45) is 5.92 Å². The van der Waals surface area contributed by atoms with E-state index in [1.54, 1.807) is 12.1 Å². The number of imide groups is 2. The Balaban J connectivity index is 1.34. The SMILES string of the molecule is O=C1CCC(N2C(=O)c3ccc(CN4CC5CCNCC54)cc3C2=O)C(=O)N1. The van der Waals surface area contributed by atoms with Crippen molar-refractivity contribution >= 4 is 23.6 Å². The summed E-state index contributed by atoms with van der Waals surface area (Å²) >= 11 is 0. The molecule has 0 bridgehead atoms. The number of rotatable bonds is 3. The minimum absolute atomic E-state index is 0.126. The second kappa shape index (κ2) is 6.49. The van der Waals surface area contributed by atoms with E-state index in [9.17, 15) is 19.2 Å². The smallest absolute Gasteiger partial charge is 0.262 e. The molecule has 8 heteroatoms. The Morgan fingerprint density at radius 1 is 1.04 bits per heavy atom. The van der Waals surface area contributed by atoms with Gasteiger partial charge in [0.25, 0.3) is 11.8 Å². The Hall–Kier alpha value is -2.58. The summed E-state index contributed by atoms with van der Waals surface area (Å²) in [5.41, 5.74) is 1.68. The lowest BCUT2D eigenvalue weighted by Crippen LogP contribution is -2.62. The fraction of sp³-hybridized carbons (Fsp3) is 0.500. The summed E-state index contributed by atoms with van der Waals surface area (Å²) in [6.45, 7) is 3.89. The number of hydrogen-bond acceptors (Lipinski definition) is 6. The number of nitrogens with zero attached hydrogens (tertiary/aromatic N) is 2. The summed E-state index contributed by atoms with van der Waals surface area (Å²) in [7, 11) is 0. The molecule has 0 aliphatic carbocycles. The third kappa shape index (κ3) is 2.67. The van der Waals surface area contributed by atoms with Gasteiger partial charge in [-0.2, -0.15) is 0 Å². The molecule has 4 heterocycles. The molecule has 0 spiro atoms. The summed E-state index contributed by atoms with van der Waals surface area (Å²) < 4.78 is 0. The van der Waals surface area contributed by atoms with Crippen LogP contribution in [0.1, 0.15) is 45.5 Å². The van der Waals surface area contributed by atoms with E-state index in [4.69, 9.17) is 0 Å². The monoisotopic (exact) mass is 382 g/mol. The van der Waals surface area contributed by atoms with E-state index in [1.165, 1.54) is 6.42 Å². The molecule has 8 nitrogen and oxygen atoms in total. The zero-order chi connectivity index (χ0) is 19.4. The molecular formula is C20H22N4O4. The van der Waals surface area contributed by atoms with Crippen LogP contribution in [-0.2, 0) is 16.1 Å². The topological polar surface area (TPSA) is 98.8 Å². The van der Waals surface area contributed by atoms with Gasteiger partial charge in [0.15, 0.2) is 0 Å². The van der Waals surface area contributed by atoms with E-state index >= 15 is 0 Å². The van der Waals surface area contributed by atoms with Crippen LogP contribution in [0.4, 0.5) is 0 Å². The summed E-state index contributed by atoms with van der Waals surface area (Å²) in [5.74, 6) is -1.10. The minimum atomic E-state index is -0.919. The summed E-state index contributed by atoms with van der Waals surface area (Å²) in [6.07, 6.45) is 1.51. The average molecular weight is 382 g/mol. The van der Waals surface area contributed by atoms with Crippen LogP contribution in [0.5, 0.6) is 0 Å². The fourth-order valence-corrected chi connectivity index (χ4v) is 4.87. The van der Waals surface area contributed by atoms with Crippen LogP contribution in [0.25, 0.3) is 0 Å². The highest BCUT2D eigenvalue weighted by Crippen LogP contribution is 2.33. The largest absolute Gasteiger partial charge is 0.315 e. The van der Waals surface area contributed by atoms with Crippen LogP contribution in [0.2, 0.25) is 0 Å². The standard InChI is InChI=1S/C20H22N4O4/c25-17-4-3-15(18(26)22-17)24-19(27)13-2-1-11(7-14(13)20(24)28)9-23-10-12-5-6-21-8-16(12)23/h1-2,7,12,15-16,21H,3-6,8-10H2,(H,22,25,26). The van der Waals surface area contributed by atoms with Crippen molar-refractivity contribution in [3.05, 3.63) is 34.9 Å². The van der Waals surface area contributed by atoms with Crippen LogP contribution in [-0.4, -0.2) is 65.1 Å². The second-order valence-electron chi connectivity index (χ2n) is 8.08. The molecule has 5 rings (SSSR count). The Morgan fingerprint density at radius 2 is 1.86 bits per heavy atom. The van der Waals surface area contributed by atoms with Crippen molar-refractivity contribution in [2.75, 3.05) is 19.6 Å². The predicted molar refractivity (Wildman–Crippen MR) is 98.3 cm³/mol. The summed E-state index contributed by atoms with van der Waals surface area (Å²) in [4.78, 5) is 52.6. The Morgan fingerprint density at radius 3 is 2.64 bits per heavy atom. The number of hydrogen-bond donors (Lipinski definition) is 2. The van der Waals surface area contributed by atoms with E-state index in [-0.39, 0.29) is 18.7 Å². The molecular weight excluding hydrogens is 360 g/mol. The van der Waals surface area contributed by atoms with Crippen molar-refractivity contribution in [3.8, 4) is 0 Å². The number of piperidine rings is 2. The molecule has 1 aromatic rings. The van der Waals surface area contributed by atoms with Gasteiger partial charge >= 0.3 is 0 Å². The van der Waals surface area contributed by atoms with E-state index < -0.39 is 23.8 Å². The van der Waals surface area contributed by atoms with Gasteiger partial charge in [-0.25, -0.2) is 0 Å². The van der Waals surface area contributed by atoms with Gasteiger partial charge in [0.05, 0.1) is 11.1 Å². The van der Waals surface area contributed by atoms with E-state index in [0.717, 1.165) is 42.6 Å². The molecule has 4 aliphatic rings. The second-order valence-corrected chi connectivity index (χ2v) is 8.08. The van der Waals surface area contributed by atoms with Crippen LogP contribution < -0.4 is 10.6 Å². The van der Waals surface area contributed by atoms with E-state index in [0.29, 0.717) is 17.2 Å². The summed E-state index contributed by atoms with van der Waals surface area (Å²) in [6, 6.07) is 4.98. The predicted octanol–water partition coefficient (Wildman–Crippen LogP) is -0.118. The molecule has 3 fully saturated rings.